The monoisotopic (exact) mass is 235 g/mol. The van der Waals surface area contributed by atoms with E-state index in [-0.39, 0.29) is 18.6 Å². The second-order valence-electron chi connectivity index (χ2n) is 4.31. The van der Waals surface area contributed by atoms with Crippen LogP contribution >= 0.6 is 0 Å². The van der Waals surface area contributed by atoms with Gasteiger partial charge in [0.15, 0.2) is 6.10 Å². The fraction of sp³-hybridized carbons (Fsp3) is 0.462. The van der Waals surface area contributed by atoms with Crippen molar-refractivity contribution in [2.75, 3.05) is 13.2 Å². The summed E-state index contributed by atoms with van der Waals surface area (Å²) in [5.41, 5.74) is 1.09. The number of ether oxygens (including phenoxy) is 1. The van der Waals surface area contributed by atoms with E-state index < -0.39 is 6.10 Å². The number of morpholine rings is 1. The molecule has 1 fully saturated rings. The van der Waals surface area contributed by atoms with Crippen LogP contribution < -0.4 is 0 Å². The van der Waals surface area contributed by atoms with Gasteiger partial charge in [-0.25, -0.2) is 0 Å². The Morgan fingerprint density at radius 2 is 2.12 bits per heavy atom. The van der Waals surface area contributed by atoms with E-state index in [0.29, 0.717) is 13.2 Å². The lowest BCUT2D eigenvalue weighted by molar-refractivity contribution is -0.162. The molecular weight excluding hydrogens is 218 g/mol. The van der Waals surface area contributed by atoms with E-state index in [0.717, 1.165) is 5.56 Å². The third-order valence-corrected chi connectivity index (χ3v) is 2.99. The molecule has 0 saturated carbocycles. The van der Waals surface area contributed by atoms with E-state index in [1.165, 1.54) is 0 Å². The molecule has 0 aliphatic carbocycles. The van der Waals surface area contributed by atoms with Crippen molar-refractivity contribution in [3.8, 4) is 0 Å². The van der Waals surface area contributed by atoms with Crippen molar-refractivity contribution in [2.24, 2.45) is 0 Å². The van der Waals surface area contributed by atoms with Gasteiger partial charge in [-0.15, -0.1) is 0 Å². The van der Waals surface area contributed by atoms with Crippen molar-refractivity contribution in [1.82, 2.24) is 4.90 Å². The first-order valence-corrected chi connectivity index (χ1v) is 5.79. The number of aliphatic hydroxyl groups excluding tert-OH is 1. The Bertz CT molecular complexity index is 380. The van der Waals surface area contributed by atoms with Crippen LogP contribution in [0.4, 0.5) is 0 Å². The van der Waals surface area contributed by atoms with Crippen molar-refractivity contribution >= 4 is 5.91 Å². The average molecular weight is 235 g/mol. The standard InChI is InChI=1S/C13H17NO3/c1-10-9-17-12(8-15)13(16)14(10)7-11-5-3-2-4-6-11/h2-6,10,12,15H,7-9H2,1H3/t10?,12-/m0/s1. The molecule has 1 aliphatic rings. The second kappa shape index (κ2) is 5.29. The van der Waals surface area contributed by atoms with Gasteiger partial charge < -0.3 is 14.7 Å². The Hall–Kier alpha value is -1.39. The van der Waals surface area contributed by atoms with E-state index in [1.54, 1.807) is 4.90 Å². The number of aliphatic hydroxyl groups is 1. The van der Waals surface area contributed by atoms with E-state index in [1.807, 2.05) is 37.3 Å². The van der Waals surface area contributed by atoms with Crippen LogP contribution in [0.1, 0.15) is 12.5 Å². The first-order valence-electron chi connectivity index (χ1n) is 5.79. The van der Waals surface area contributed by atoms with E-state index in [4.69, 9.17) is 9.84 Å². The van der Waals surface area contributed by atoms with Crippen molar-refractivity contribution in [3.63, 3.8) is 0 Å². The minimum Gasteiger partial charge on any atom is -0.393 e. The normalized spacial score (nSPS) is 25.1. The summed E-state index contributed by atoms with van der Waals surface area (Å²) < 4.78 is 5.28. The maximum absolute atomic E-state index is 12.0. The predicted octanol–water partition coefficient (Wildman–Crippen LogP) is 0.795. The molecule has 0 aromatic heterocycles. The zero-order chi connectivity index (χ0) is 12.3. The summed E-state index contributed by atoms with van der Waals surface area (Å²) in [7, 11) is 0. The van der Waals surface area contributed by atoms with Gasteiger partial charge in [-0.1, -0.05) is 30.3 Å². The molecule has 1 saturated heterocycles. The summed E-state index contributed by atoms with van der Waals surface area (Å²) in [5, 5.41) is 9.06. The van der Waals surface area contributed by atoms with Gasteiger partial charge in [-0.2, -0.15) is 0 Å². The molecule has 1 aromatic carbocycles. The van der Waals surface area contributed by atoms with Crippen LogP contribution in [0.15, 0.2) is 30.3 Å². The lowest BCUT2D eigenvalue weighted by Gasteiger charge is -2.37. The number of rotatable bonds is 3. The fourth-order valence-electron chi connectivity index (χ4n) is 1.96. The van der Waals surface area contributed by atoms with Gasteiger partial charge in [-0.05, 0) is 12.5 Å². The number of hydrogen-bond acceptors (Lipinski definition) is 3. The van der Waals surface area contributed by atoms with Crippen molar-refractivity contribution in [2.45, 2.75) is 25.6 Å². The molecule has 0 radical (unpaired) electrons. The Morgan fingerprint density at radius 3 is 2.76 bits per heavy atom. The summed E-state index contributed by atoms with van der Waals surface area (Å²) >= 11 is 0. The number of carbonyl (C=O) groups is 1. The first kappa shape index (κ1) is 12.1. The second-order valence-corrected chi connectivity index (χ2v) is 4.31. The maximum atomic E-state index is 12.0. The van der Waals surface area contributed by atoms with Gasteiger partial charge >= 0.3 is 0 Å². The summed E-state index contributed by atoms with van der Waals surface area (Å²) in [6.45, 7) is 2.75. The minimum atomic E-state index is -0.699. The molecule has 1 aliphatic heterocycles. The van der Waals surface area contributed by atoms with E-state index >= 15 is 0 Å². The molecule has 1 amide bonds. The molecule has 4 nitrogen and oxygen atoms in total. The van der Waals surface area contributed by atoms with Gasteiger partial charge in [0.05, 0.1) is 19.3 Å². The predicted molar refractivity (Wildman–Crippen MR) is 63.3 cm³/mol. The highest BCUT2D eigenvalue weighted by atomic mass is 16.5. The van der Waals surface area contributed by atoms with Crippen LogP contribution in [-0.4, -0.2) is 41.3 Å². The lowest BCUT2D eigenvalue weighted by atomic mass is 10.1. The summed E-state index contributed by atoms with van der Waals surface area (Å²) in [6.07, 6.45) is -0.699. The van der Waals surface area contributed by atoms with Gasteiger partial charge in [0, 0.05) is 6.54 Å². The Balaban J connectivity index is 2.10. The summed E-state index contributed by atoms with van der Waals surface area (Å²) in [6, 6.07) is 9.88. The Labute approximate surface area is 101 Å². The van der Waals surface area contributed by atoms with Gasteiger partial charge in [0.1, 0.15) is 0 Å². The van der Waals surface area contributed by atoms with Crippen LogP contribution in [0.2, 0.25) is 0 Å². The molecule has 17 heavy (non-hydrogen) atoms. The molecule has 2 atom stereocenters. The average Bonchev–Trinajstić information content (AvgIpc) is 2.36. The van der Waals surface area contributed by atoms with Crippen LogP contribution in [0.3, 0.4) is 0 Å². The van der Waals surface area contributed by atoms with Crippen molar-refractivity contribution in [3.05, 3.63) is 35.9 Å². The third-order valence-electron chi connectivity index (χ3n) is 2.99. The highest BCUT2D eigenvalue weighted by Crippen LogP contribution is 2.16. The maximum Gasteiger partial charge on any atom is 0.254 e. The minimum absolute atomic E-state index is 0.0468. The van der Waals surface area contributed by atoms with Crippen LogP contribution in [0.25, 0.3) is 0 Å². The molecule has 1 aromatic rings. The fourth-order valence-corrected chi connectivity index (χ4v) is 1.96. The van der Waals surface area contributed by atoms with Gasteiger partial charge in [-0.3, -0.25) is 4.79 Å². The smallest absolute Gasteiger partial charge is 0.254 e. The summed E-state index contributed by atoms with van der Waals surface area (Å²) in [5.74, 6) is -0.130. The first-order chi connectivity index (χ1) is 8.22. The number of benzene rings is 1. The Morgan fingerprint density at radius 1 is 1.41 bits per heavy atom. The SMILES string of the molecule is CC1CO[C@@H](CO)C(=O)N1Cc1ccccc1. The molecule has 1 N–H and O–H groups in total. The van der Waals surface area contributed by atoms with Crippen molar-refractivity contribution < 1.29 is 14.6 Å². The highest BCUT2D eigenvalue weighted by Gasteiger charge is 2.33. The molecule has 4 heteroatoms. The van der Waals surface area contributed by atoms with Crippen LogP contribution in [0.5, 0.6) is 0 Å². The van der Waals surface area contributed by atoms with Crippen LogP contribution in [-0.2, 0) is 16.1 Å². The quantitative estimate of drug-likeness (QED) is 0.843. The molecule has 1 unspecified atom stereocenters. The highest BCUT2D eigenvalue weighted by molar-refractivity contribution is 5.82. The van der Waals surface area contributed by atoms with Crippen molar-refractivity contribution in [1.29, 1.82) is 0 Å². The van der Waals surface area contributed by atoms with E-state index in [9.17, 15) is 4.79 Å². The number of hydrogen-bond donors (Lipinski definition) is 1. The zero-order valence-corrected chi connectivity index (χ0v) is 9.87. The summed E-state index contributed by atoms with van der Waals surface area (Å²) in [4.78, 5) is 13.8. The number of amides is 1. The molecule has 1 heterocycles. The van der Waals surface area contributed by atoms with Crippen LogP contribution in [0, 0.1) is 0 Å². The van der Waals surface area contributed by atoms with E-state index in [2.05, 4.69) is 0 Å². The molecule has 92 valence electrons. The molecule has 0 spiro atoms. The largest absolute Gasteiger partial charge is 0.393 e. The lowest BCUT2D eigenvalue weighted by Crippen LogP contribution is -2.53. The van der Waals surface area contributed by atoms with Gasteiger partial charge in [0.2, 0.25) is 0 Å². The molecule has 0 bridgehead atoms. The number of nitrogens with zero attached hydrogens (tertiary/aromatic N) is 1. The van der Waals surface area contributed by atoms with Gasteiger partial charge in [0.25, 0.3) is 5.91 Å². The zero-order valence-electron chi connectivity index (χ0n) is 9.87. The Kier molecular flexibility index (Phi) is 3.76. The molecule has 2 rings (SSSR count). The topological polar surface area (TPSA) is 49.8 Å². The molecular formula is C13H17NO3. The third kappa shape index (κ3) is 2.65. The number of carbonyl (C=O) groups excluding carboxylic acids is 1.